The van der Waals surface area contributed by atoms with Gasteiger partial charge in [-0.25, -0.2) is 0 Å². The number of nitrogens with zero attached hydrogens (tertiary/aromatic N) is 2. The molecule has 0 spiro atoms. The van der Waals surface area contributed by atoms with Crippen LogP contribution in [-0.4, -0.2) is 22.8 Å². The molecule has 1 amide bonds. The van der Waals surface area contributed by atoms with Gasteiger partial charge in [-0.15, -0.1) is 0 Å². The van der Waals surface area contributed by atoms with Gasteiger partial charge in [-0.05, 0) is 37.1 Å². The van der Waals surface area contributed by atoms with E-state index in [1.165, 1.54) is 0 Å². The Balaban J connectivity index is 2.23. The number of aromatic nitrogens is 2. The van der Waals surface area contributed by atoms with Crippen molar-refractivity contribution >= 4 is 11.6 Å². The Morgan fingerprint density at radius 3 is 2.90 bits per heavy atom. The monoisotopic (exact) mass is 273 g/mol. The maximum Gasteiger partial charge on any atom is 0.274 e. The molecule has 0 atom stereocenters. The molecule has 5 nitrogen and oxygen atoms in total. The van der Waals surface area contributed by atoms with E-state index < -0.39 is 0 Å². The van der Waals surface area contributed by atoms with Crippen molar-refractivity contribution < 1.29 is 9.53 Å². The molecule has 0 bridgehead atoms. The van der Waals surface area contributed by atoms with Gasteiger partial charge in [0.1, 0.15) is 11.4 Å². The van der Waals surface area contributed by atoms with Crippen LogP contribution >= 0.6 is 0 Å². The van der Waals surface area contributed by atoms with E-state index in [4.69, 9.17) is 4.74 Å². The maximum absolute atomic E-state index is 12.3. The van der Waals surface area contributed by atoms with Gasteiger partial charge < -0.3 is 10.1 Å². The first-order valence-electron chi connectivity index (χ1n) is 6.63. The van der Waals surface area contributed by atoms with Gasteiger partial charge in [0, 0.05) is 12.7 Å². The molecule has 106 valence electrons. The molecule has 0 radical (unpaired) electrons. The number of ether oxygens (including phenoxy) is 1. The predicted molar refractivity (Wildman–Crippen MR) is 78.2 cm³/mol. The van der Waals surface area contributed by atoms with E-state index in [0.29, 0.717) is 17.1 Å². The fourth-order valence-corrected chi connectivity index (χ4v) is 2.02. The van der Waals surface area contributed by atoms with Gasteiger partial charge in [0.05, 0.1) is 12.8 Å². The van der Waals surface area contributed by atoms with E-state index >= 15 is 0 Å². The normalized spacial score (nSPS) is 10.3. The molecule has 0 saturated heterocycles. The second-order valence-electron chi connectivity index (χ2n) is 4.60. The molecule has 2 rings (SSSR count). The van der Waals surface area contributed by atoms with Gasteiger partial charge in [-0.2, -0.15) is 5.10 Å². The molecule has 0 saturated carbocycles. The lowest BCUT2D eigenvalue weighted by molar-refractivity contribution is 0.101. The van der Waals surface area contributed by atoms with Crippen molar-refractivity contribution in [1.29, 1.82) is 0 Å². The lowest BCUT2D eigenvalue weighted by atomic mass is 10.2. The molecule has 2 aromatic rings. The summed E-state index contributed by atoms with van der Waals surface area (Å²) in [6.45, 7) is 4.74. The quantitative estimate of drug-likeness (QED) is 0.911. The highest BCUT2D eigenvalue weighted by Gasteiger charge is 2.14. The lowest BCUT2D eigenvalue weighted by Gasteiger charge is -2.11. The van der Waals surface area contributed by atoms with E-state index in [9.17, 15) is 4.79 Å². The van der Waals surface area contributed by atoms with Crippen molar-refractivity contribution in [2.24, 2.45) is 0 Å². The summed E-state index contributed by atoms with van der Waals surface area (Å²) in [5.41, 5.74) is 2.28. The number of nitrogens with one attached hydrogen (secondary N) is 1. The molecule has 1 N–H and O–H groups in total. The van der Waals surface area contributed by atoms with Crippen LogP contribution in [0, 0.1) is 6.92 Å². The van der Waals surface area contributed by atoms with Crippen molar-refractivity contribution in [1.82, 2.24) is 9.78 Å². The zero-order valence-corrected chi connectivity index (χ0v) is 12.0. The fourth-order valence-electron chi connectivity index (χ4n) is 2.02. The summed E-state index contributed by atoms with van der Waals surface area (Å²) in [5.74, 6) is 0.463. The number of hydrogen-bond acceptors (Lipinski definition) is 3. The smallest absolute Gasteiger partial charge is 0.274 e. The molecular formula is C15H19N3O2. The number of methoxy groups -OCH3 is 1. The molecule has 0 aliphatic heterocycles. The number of amides is 1. The average molecular weight is 273 g/mol. The lowest BCUT2D eigenvalue weighted by Crippen LogP contribution is -2.18. The Kier molecular flexibility index (Phi) is 4.40. The predicted octanol–water partition coefficient (Wildman–Crippen LogP) is 2.86. The van der Waals surface area contributed by atoms with Crippen LogP contribution in [0.25, 0.3) is 0 Å². The number of benzene rings is 1. The molecule has 1 aromatic heterocycles. The summed E-state index contributed by atoms with van der Waals surface area (Å²) in [6, 6.07) is 7.38. The minimum absolute atomic E-state index is 0.181. The third-order valence-corrected chi connectivity index (χ3v) is 2.99. The van der Waals surface area contributed by atoms with Gasteiger partial charge in [-0.3, -0.25) is 9.48 Å². The number of anilines is 1. The zero-order chi connectivity index (χ0) is 14.5. The minimum atomic E-state index is -0.181. The molecule has 0 aliphatic carbocycles. The first-order chi connectivity index (χ1) is 9.65. The van der Waals surface area contributed by atoms with Crippen LogP contribution < -0.4 is 10.1 Å². The highest BCUT2D eigenvalue weighted by atomic mass is 16.5. The highest BCUT2D eigenvalue weighted by Crippen LogP contribution is 2.25. The summed E-state index contributed by atoms with van der Waals surface area (Å²) in [4.78, 5) is 12.3. The van der Waals surface area contributed by atoms with Crippen molar-refractivity contribution in [3.8, 4) is 5.75 Å². The molecule has 0 unspecified atom stereocenters. The Morgan fingerprint density at radius 2 is 2.20 bits per heavy atom. The molecule has 5 heteroatoms. The highest BCUT2D eigenvalue weighted by molar-refractivity contribution is 6.03. The standard InChI is InChI=1S/C15H19N3O2/c1-4-9-18-13(7-8-16-18)15(19)17-12-10-11(2)5-6-14(12)20-3/h5-8,10H,4,9H2,1-3H3,(H,17,19). The van der Waals surface area contributed by atoms with Crippen molar-refractivity contribution in [3.05, 3.63) is 41.7 Å². The van der Waals surface area contributed by atoms with Gasteiger partial charge in [0.15, 0.2) is 0 Å². The Morgan fingerprint density at radius 1 is 1.40 bits per heavy atom. The van der Waals surface area contributed by atoms with Crippen LogP contribution in [0.4, 0.5) is 5.69 Å². The molecule has 0 fully saturated rings. The summed E-state index contributed by atoms with van der Waals surface area (Å²) < 4.78 is 6.97. The third kappa shape index (κ3) is 2.99. The van der Waals surface area contributed by atoms with Crippen LogP contribution in [0.1, 0.15) is 29.4 Å². The van der Waals surface area contributed by atoms with Crippen LogP contribution in [0.3, 0.4) is 0 Å². The summed E-state index contributed by atoms with van der Waals surface area (Å²) in [6.07, 6.45) is 2.56. The minimum Gasteiger partial charge on any atom is -0.495 e. The summed E-state index contributed by atoms with van der Waals surface area (Å²) in [5, 5.41) is 7.03. The summed E-state index contributed by atoms with van der Waals surface area (Å²) in [7, 11) is 1.58. The molecule has 20 heavy (non-hydrogen) atoms. The van der Waals surface area contributed by atoms with Crippen molar-refractivity contribution in [2.75, 3.05) is 12.4 Å². The number of aryl methyl sites for hydroxylation is 2. The Labute approximate surface area is 118 Å². The average Bonchev–Trinajstić information content (AvgIpc) is 2.88. The zero-order valence-electron chi connectivity index (χ0n) is 12.0. The number of carbonyl (C=O) groups is 1. The van der Waals surface area contributed by atoms with Crippen LogP contribution in [0.5, 0.6) is 5.75 Å². The third-order valence-electron chi connectivity index (χ3n) is 2.99. The maximum atomic E-state index is 12.3. The Hall–Kier alpha value is -2.30. The molecular weight excluding hydrogens is 254 g/mol. The van der Waals surface area contributed by atoms with Gasteiger partial charge >= 0.3 is 0 Å². The Bertz CT molecular complexity index is 605. The molecule has 1 heterocycles. The SMILES string of the molecule is CCCn1nccc1C(=O)Nc1cc(C)ccc1OC. The fraction of sp³-hybridized carbons (Fsp3) is 0.333. The number of rotatable bonds is 5. The van der Waals surface area contributed by atoms with E-state index in [1.54, 1.807) is 24.1 Å². The van der Waals surface area contributed by atoms with Crippen LogP contribution in [0.15, 0.2) is 30.5 Å². The van der Waals surface area contributed by atoms with E-state index in [-0.39, 0.29) is 5.91 Å². The first kappa shape index (κ1) is 14.1. The van der Waals surface area contributed by atoms with Gasteiger partial charge in [0.25, 0.3) is 5.91 Å². The van der Waals surface area contributed by atoms with E-state index in [1.807, 2.05) is 32.0 Å². The van der Waals surface area contributed by atoms with Crippen LogP contribution in [0.2, 0.25) is 0 Å². The second kappa shape index (κ2) is 6.23. The van der Waals surface area contributed by atoms with E-state index in [0.717, 1.165) is 18.5 Å². The molecule has 1 aromatic carbocycles. The van der Waals surface area contributed by atoms with Gasteiger partial charge in [0.2, 0.25) is 0 Å². The van der Waals surface area contributed by atoms with Crippen LogP contribution in [-0.2, 0) is 6.54 Å². The van der Waals surface area contributed by atoms with E-state index in [2.05, 4.69) is 10.4 Å². The van der Waals surface area contributed by atoms with Gasteiger partial charge in [-0.1, -0.05) is 13.0 Å². The van der Waals surface area contributed by atoms with Crippen molar-refractivity contribution in [2.45, 2.75) is 26.8 Å². The molecule has 0 aliphatic rings. The summed E-state index contributed by atoms with van der Waals surface area (Å²) >= 11 is 0. The first-order valence-corrected chi connectivity index (χ1v) is 6.63. The number of carbonyl (C=O) groups excluding carboxylic acids is 1. The topological polar surface area (TPSA) is 56.2 Å². The number of hydrogen-bond donors (Lipinski definition) is 1. The second-order valence-corrected chi connectivity index (χ2v) is 4.60. The largest absolute Gasteiger partial charge is 0.495 e. The van der Waals surface area contributed by atoms with Crippen molar-refractivity contribution in [3.63, 3.8) is 0 Å².